The molecule has 0 amide bonds. The molecule has 0 saturated carbocycles. The molecule has 0 aliphatic heterocycles. The SMILES string of the molecule is CCSCC(C)Nc1cc(C(=O)OC)c(N)cn1. The highest BCUT2D eigenvalue weighted by Gasteiger charge is 2.12. The fourth-order valence-electron chi connectivity index (χ4n) is 1.42. The first-order chi connectivity index (χ1) is 8.58. The molecule has 1 rings (SSSR count). The first kappa shape index (κ1) is 14.6. The molecule has 6 heteroatoms. The molecule has 0 bridgehead atoms. The van der Waals surface area contributed by atoms with Crippen LogP contribution in [0.3, 0.4) is 0 Å². The van der Waals surface area contributed by atoms with Crippen molar-refractivity contribution in [2.24, 2.45) is 0 Å². The Balaban J connectivity index is 2.75. The average molecular weight is 269 g/mol. The van der Waals surface area contributed by atoms with E-state index in [1.807, 2.05) is 11.8 Å². The minimum absolute atomic E-state index is 0.275. The molecule has 1 aromatic rings. The van der Waals surface area contributed by atoms with Crippen LogP contribution >= 0.6 is 11.8 Å². The van der Waals surface area contributed by atoms with Gasteiger partial charge in [-0.3, -0.25) is 0 Å². The summed E-state index contributed by atoms with van der Waals surface area (Å²) in [7, 11) is 1.33. The van der Waals surface area contributed by atoms with Crippen LogP contribution in [0.25, 0.3) is 0 Å². The van der Waals surface area contributed by atoms with Crippen LogP contribution in [0, 0.1) is 0 Å². The molecule has 1 unspecified atom stereocenters. The van der Waals surface area contributed by atoms with Gasteiger partial charge in [-0.15, -0.1) is 0 Å². The number of nitrogens with two attached hydrogens (primary N) is 1. The van der Waals surface area contributed by atoms with Crippen LogP contribution in [0.5, 0.6) is 0 Å². The van der Waals surface area contributed by atoms with Crippen molar-refractivity contribution in [3.63, 3.8) is 0 Å². The summed E-state index contributed by atoms with van der Waals surface area (Å²) in [5, 5.41) is 3.23. The maximum Gasteiger partial charge on any atom is 0.340 e. The maximum atomic E-state index is 11.5. The number of nitrogens with zero attached hydrogens (tertiary/aromatic N) is 1. The molecular formula is C12H19N3O2S. The molecule has 3 N–H and O–H groups in total. The molecule has 0 aliphatic carbocycles. The normalized spacial score (nSPS) is 11.9. The van der Waals surface area contributed by atoms with Crippen molar-refractivity contribution < 1.29 is 9.53 Å². The second-order valence-corrected chi connectivity index (χ2v) is 5.17. The third-order valence-electron chi connectivity index (χ3n) is 2.31. The number of esters is 1. The van der Waals surface area contributed by atoms with Crippen LogP contribution in [-0.2, 0) is 4.74 Å². The Labute approximate surface area is 111 Å². The Bertz CT molecular complexity index is 412. The molecular weight excluding hydrogens is 250 g/mol. The molecule has 0 spiro atoms. The summed E-state index contributed by atoms with van der Waals surface area (Å²) in [5.74, 6) is 2.24. The fourth-order valence-corrected chi connectivity index (χ4v) is 2.09. The van der Waals surface area contributed by atoms with Gasteiger partial charge in [0.15, 0.2) is 0 Å². The van der Waals surface area contributed by atoms with E-state index >= 15 is 0 Å². The number of pyridine rings is 1. The van der Waals surface area contributed by atoms with E-state index in [1.54, 1.807) is 6.07 Å². The van der Waals surface area contributed by atoms with Crippen LogP contribution in [-0.4, -0.2) is 35.6 Å². The van der Waals surface area contributed by atoms with Gasteiger partial charge in [0.25, 0.3) is 0 Å². The molecule has 0 aromatic carbocycles. The first-order valence-corrected chi connectivity index (χ1v) is 6.92. The summed E-state index contributed by atoms with van der Waals surface area (Å²) >= 11 is 1.85. The van der Waals surface area contributed by atoms with E-state index in [9.17, 15) is 4.79 Å². The zero-order chi connectivity index (χ0) is 13.5. The second-order valence-electron chi connectivity index (χ2n) is 3.85. The minimum atomic E-state index is -0.450. The number of methoxy groups -OCH3 is 1. The van der Waals surface area contributed by atoms with E-state index in [0.29, 0.717) is 17.1 Å². The number of nitrogens with one attached hydrogen (secondary N) is 1. The first-order valence-electron chi connectivity index (χ1n) is 5.76. The Morgan fingerprint density at radius 1 is 1.67 bits per heavy atom. The summed E-state index contributed by atoms with van der Waals surface area (Å²) in [4.78, 5) is 15.6. The summed E-state index contributed by atoms with van der Waals surface area (Å²) in [5.41, 5.74) is 6.34. The van der Waals surface area contributed by atoms with Crippen molar-refractivity contribution in [1.29, 1.82) is 0 Å². The highest BCUT2D eigenvalue weighted by Crippen LogP contribution is 2.17. The van der Waals surface area contributed by atoms with Gasteiger partial charge >= 0.3 is 5.97 Å². The second kappa shape index (κ2) is 7.10. The molecule has 0 aliphatic rings. The molecule has 1 atom stereocenters. The van der Waals surface area contributed by atoms with Crippen LogP contribution in [0.15, 0.2) is 12.3 Å². The topological polar surface area (TPSA) is 77.2 Å². The van der Waals surface area contributed by atoms with Gasteiger partial charge < -0.3 is 15.8 Å². The average Bonchev–Trinajstić information content (AvgIpc) is 2.37. The van der Waals surface area contributed by atoms with Gasteiger partial charge in [-0.2, -0.15) is 11.8 Å². The number of ether oxygens (including phenoxy) is 1. The lowest BCUT2D eigenvalue weighted by atomic mass is 10.2. The van der Waals surface area contributed by atoms with Crippen molar-refractivity contribution in [2.45, 2.75) is 19.9 Å². The molecule has 1 aromatic heterocycles. The van der Waals surface area contributed by atoms with E-state index < -0.39 is 5.97 Å². The summed E-state index contributed by atoms with van der Waals surface area (Å²) in [6.07, 6.45) is 1.47. The minimum Gasteiger partial charge on any atom is -0.465 e. The van der Waals surface area contributed by atoms with Crippen molar-refractivity contribution >= 4 is 29.2 Å². The van der Waals surface area contributed by atoms with Gasteiger partial charge in [0.1, 0.15) is 5.82 Å². The largest absolute Gasteiger partial charge is 0.465 e. The van der Waals surface area contributed by atoms with E-state index in [-0.39, 0.29) is 6.04 Å². The van der Waals surface area contributed by atoms with E-state index in [1.165, 1.54) is 13.3 Å². The zero-order valence-corrected chi connectivity index (χ0v) is 11.7. The highest BCUT2D eigenvalue weighted by atomic mass is 32.2. The van der Waals surface area contributed by atoms with Gasteiger partial charge in [-0.1, -0.05) is 6.92 Å². The number of anilines is 2. The third kappa shape index (κ3) is 4.10. The van der Waals surface area contributed by atoms with E-state index in [4.69, 9.17) is 5.73 Å². The van der Waals surface area contributed by atoms with Gasteiger partial charge in [0, 0.05) is 11.8 Å². The van der Waals surface area contributed by atoms with Crippen LogP contribution in [0.4, 0.5) is 11.5 Å². The van der Waals surface area contributed by atoms with Crippen LogP contribution < -0.4 is 11.1 Å². The van der Waals surface area contributed by atoms with Crippen molar-refractivity contribution in [3.8, 4) is 0 Å². The molecule has 0 saturated heterocycles. The van der Waals surface area contributed by atoms with Gasteiger partial charge in [-0.05, 0) is 18.7 Å². The number of aromatic nitrogens is 1. The molecule has 0 radical (unpaired) electrons. The Morgan fingerprint density at radius 3 is 3.00 bits per heavy atom. The lowest BCUT2D eigenvalue weighted by molar-refractivity contribution is 0.0602. The lowest BCUT2D eigenvalue weighted by Crippen LogP contribution is -2.19. The fraction of sp³-hybridized carbons (Fsp3) is 0.500. The van der Waals surface area contributed by atoms with Gasteiger partial charge in [0.2, 0.25) is 0 Å². The predicted molar refractivity (Wildman–Crippen MR) is 76.1 cm³/mol. The molecule has 5 nitrogen and oxygen atoms in total. The Kier molecular flexibility index (Phi) is 5.77. The highest BCUT2D eigenvalue weighted by molar-refractivity contribution is 7.99. The monoisotopic (exact) mass is 269 g/mol. The number of carbonyl (C=O) groups excluding carboxylic acids is 1. The molecule has 18 heavy (non-hydrogen) atoms. The summed E-state index contributed by atoms with van der Waals surface area (Å²) in [6, 6.07) is 1.89. The van der Waals surface area contributed by atoms with Crippen molar-refractivity contribution in [3.05, 3.63) is 17.8 Å². The van der Waals surface area contributed by atoms with Crippen LogP contribution in [0.1, 0.15) is 24.2 Å². The molecule has 100 valence electrons. The summed E-state index contributed by atoms with van der Waals surface area (Å²) < 4.78 is 4.66. The standard InChI is InChI=1S/C12H19N3O2S/c1-4-18-7-8(2)15-11-5-9(12(16)17-3)10(13)6-14-11/h5-6,8H,4,7,13H2,1-3H3,(H,14,15). The molecule has 1 heterocycles. The van der Waals surface area contributed by atoms with Crippen molar-refractivity contribution in [2.75, 3.05) is 29.7 Å². The van der Waals surface area contributed by atoms with E-state index in [0.717, 1.165) is 11.5 Å². The summed E-state index contributed by atoms with van der Waals surface area (Å²) in [6.45, 7) is 4.19. The Hall–Kier alpha value is -1.43. The van der Waals surface area contributed by atoms with Crippen LogP contribution in [0.2, 0.25) is 0 Å². The van der Waals surface area contributed by atoms with Gasteiger partial charge in [-0.25, -0.2) is 9.78 Å². The smallest absolute Gasteiger partial charge is 0.340 e. The third-order valence-corrected chi connectivity index (χ3v) is 3.45. The number of hydrogen-bond acceptors (Lipinski definition) is 6. The number of thioether (sulfide) groups is 1. The predicted octanol–water partition coefficient (Wildman–Crippen LogP) is 2.00. The quantitative estimate of drug-likeness (QED) is 0.769. The molecule has 0 fully saturated rings. The van der Waals surface area contributed by atoms with E-state index in [2.05, 4.69) is 28.9 Å². The zero-order valence-electron chi connectivity index (χ0n) is 10.9. The van der Waals surface area contributed by atoms with Crippen molar-refractivity contribution in [1.82, 2.24) is 4.98 Å². The number of carbonyl (C=O) groups is 1. The lowest BCUT2D eigenvalue weighted by Gasteiger charge is -2.14. The Morgan fingerprint density at radius 2 is 2.39 bits per heavy atom. The van der Waals surface area contributed by atoms with Gasteiger partial charge in [0.05, 0.1) is 24.6 Å². The number of rotatable bonds is 6. The number of nitrogen functional groups attached to an aromatic ring is 1. The maximum absolute atomic E-state index is 11.5. The number of hydrogen-bond donors (Lipinski definition) is 2.